The first kappa shape index (κ1) is 18.6. The van der Waals surface area contributed by atoms with Crippen molar-refractivity contribution < 1.29 is 9.59 Å². The average Bonchev–Trinajstić information content (AvgIpc) is 2.58. The minimum atomic E-state index is -0.661. The first-order valence-corrected chi connectivity index (χ1v) is 8.78. The second kappa shape index (κ2) is 7.58. The normalized spacial score (nSPS) is 16.8. The van der Waals surface area contributed by atoms with Crippen LogP contribution >= 0.6 is 34.8 Å². The fourth-order valence-electron chi connectivity index (χ4n) is 2.67. The lowest BCUT2D eigenvalue weighted by molar-refractivity contribution is -0.113. The molecule has 2 aromatic rings. The molecule has 0 saturated carbocycles. The molecule has 3 rings (SSSR count). The van der Waals surface area contributed by atoms with E-state index in [9.17, 15) is 9.59 Å². The molecule has 0 radical (unpaired) electrons. The number of carbonyl (C=O) groups is 2. The van der Waals surface area contributed by atoms with Crippen LogP contribution in [-0.2, 0) is 4.79 Å². The van der Waals surface area contributed by atoms with Crippen molar-refractivity contribution in [2.45, 2.75) is 13.0 Å². The maximum Gasteiger partial charge on any atom is 0.319 e. The molecule has 2 aromatic carbocycles. The molecule has 26 heavy (non-hydrogen) atoms. The molecule has 0 bridgehead atoms. The second-order valence-corrected chi connectivity index (χ2v) is 6.96. The van der Waals surface area contributed by atoms with E-state index in [1.54, 1.807) is 49.4 Å². The zero-order valence-electron chi connectivity index (χ0n) is 13.6. The number of urea groups is 1. The first-order chi connectivity index (χ1) is 12.3. The van der Waals surface area contributed by atoms with Gasteiger partial charge in [0.15, 0.2) is 0 Å². The monoisotopic (exact) mass is 409 g/mol. The van der Waals surface area contributed by atoms with E-state index in [2.05, 4.69) is 16.0 Å². The molecule has 1 aliphatic rings. The van der Waals surface area contributed by atoms with Crippen LogP contribution in [0.3, 0.4) is 0 Å². The van der Waals surface area contributed by atoms with Gasteiger partial charge in [0.25, 0.3) is 5.91 Å². The van der Waals surface area contributed by atoms with Crippen LogP contribution in [0.2, 0.25) is 15.1 Å². The number of hydrogen-bond donors (Lipinski definition) is 3. The van der Waals surface area contributed by atoms with Gasteiger partial charge in [0.05, 0.1) is 21.7 Å². The molecule has 5 nitrogen and oxygen atoms in total. The molecule has 0 spiro atoms. The van der Waals surface area contributed by atoms with Crippen LogP contribution < -0.4 is 16.0 Å². The quantitative estimate of drug-likeness (QED) is 0.672. The lowest BCUT2D eigenvalue weighted by Crippen LogP contribution is -2.45. The summed E-state index contributed by atoms with van der Waals surface area (Å²) < 4.78 is 0. The van der Waals surface area contributed by atoms with Gasteiger partial charge in [0.1, 0.15) is 0 Å². The number of anilines is 1. The van der Waals surface area contributed by atoms with Crippen LogP contribution in [0.25, 0.3) is 0 Å². The van der Waals surface area contributed by atoms with Crippen molar-refractivity contribution in [3.8, 4) is 0 Å². The van der Waals surface area contributed by atoms with Gasteiger partial charge in [-0.2, -0.15) is 0 Å². The van der Waals surface area contributed by atoms with Gasteiger partial charge in [-0.1, -0.05) is 40.9 Å². The zero-order chi connectivity index (χ0) is 18.8. The van der Waals surface area contributed by atoms with Gasteiger partial charge < -0.3 is 16.0 Å². The van der Waals surface area contributed by atoms with Crippen molar-refractivity contribution in [3.05, 3.63) is 74.4 Å². The Morgan fingerprint density at radius 2 is 1.73 bits per heavy atom. The van der Waals surface area contributed by atoms with Gasteiger partial charge in [-0.3, -0.25) is 4.79 Å². The van der Waals surface area contributed by atoms with Crippen LogP contribution in [0.5, 0.6) is 0 Å². The number of rotatable bonds is 3. The Hall–Kier alpha value is -2.21. The summed E-state index contributed by atoms with van der Waals surface area (Å²) in [7, 11) is 0. The molecule has 134 valence electrons. The predicted octanol–water partition coefficient (Wildman–Crippen LogP) is 4.91. The Labute approximate surface area is 165 Å². The van der Waals surface area contributed by atoms with Crippen LogP contribution in [0.1, 0.15) is 18.5 Å². The average molecular weight is 411 g/mol. The van der Waals surface area contributed by atoms with E-state index in [0.29, 0.717) is 37.6 Å². The molecular formula is C18H14Cl3N3O2. The van der Waals surface area contributed by atoms with Crippen molar-refractivity contribution in [1.29, 1.82) is 0 Å². The molecule has 3 N–H and O–H groups in total. The highest BCUT2D eigenvalue weighted by Gasteiger charge is 2.31. The van der Waals surface area contributed by atoms with E-state index in [-0.39, 0.29) is 5.91 Å². The Balaban J connectivity index is 1.95. The molecular weight excluding hydrogens is 397 g/mol. The molecule has 1 heterocycles. The fourth-order valence-corrected chi connectivity index (χ4v) is 3.10. The van der Waals surface area contributed by atoms with E-state index in [1.807, 2.05) is 0 Å². The number of allylic oxidation sites excluding steroid dienone is 1. The second-order valence-electron chi connectivity index (χ2n) is 5.70. The molecule has 8 heteroatoms. The van der Waals surface area contributed by atoms with Crippen LogP contribution in [-0.4, -0.2) is 11.9 Å². The third-order valence-corrected chi connectivity index (χ3v) is 4.88. The van der Waals surface area contributed by atoms with Crippen LogP contribution in [0.4, 0.5) is 10.5 Å². The highest BCUT2D eigenvalue weighted by Crippen LogP contribution is 2.32. The number of hydrogen-bond acceptors (Lipinski definition) is 2. The number of nitrogens with one attached hydrogen (secondary N) is 3. The maximum absolute atomic E-state index is 12.9. The number of amides is 3. The molecule has 0 aromatic heterocycles. The van der Waals surface area contributed by atoms with E-state index in [1.165, 1.54) is 0 Å². The fraction of sp³-hybridized carbons (Fsp3) is 0.111. The van der Waals surface area contributed by atoms with Gasteiger partial charge in [-0.25, -0.2) is 4.79 Å². The van der Waals surface area contributed by atoms with Crippen molar-refractivity contribution >= 4 is 52.4 Å². The Kier molecular flexibility index (Phi) is 5.41. The first-order valence-electron chi connectivity index (χ1n) is 7.65. The van der Waals surface area contributed by atoms with Crippen molar-refractivity contribution in [1.82, 2.24) is 10.6 Å². The van der Waals surface area contributed by atoms with Crippen molar-refractivity contribution in [2.24, 2.45) is 0 Å². The molecule has 3 amide bonds. The lowest BCUT2D eigenvalue weighted by atomic mass is 9.95. The minimum absolute atomic E-state index is 0.340. The molecule has 0 aliphatic carbocycles. The summed E-state index contributed by atoms with van der Waals surface area (Å²) >= 11 is 17.9. The van der Waals surface area contributed by atoms with Crippen LogP contribution in [0, 0.1) is 0 Å². The SMILES string of the molecule is CC1=C(C(=O)Nc2ccc(Cl)cc2)C(c2ccc(Cl)c(Cl)c2)NC(=O)N1. The topological polar surface area (TPSA) is 70.2 Å². The molecule has 1 atom stereocenters. The number of halogens is 3. The summed E-state index contributed by atoms with van der Waals surface area (Å²) in [6, 6.07) is 10.6. The van der Waals surface area contributed by atoms with Gasteiger partial charge in [-0.15, -0.1) is 0 Å². The number of carbonyl (C=O) groups excluding carboxylic acids is 2. The Bertz CT molecular complexity index is 910. The van der Waals surface area contributed by atoms with Crippen molar-refractivity contribution in [2.75, 3.05) is 5.32 Å². The minimum Gasteiger partial charge on any atom is -0.327 e. The largest absolute Gasteiger partial charge is 0.327 e. The summed E-state index contributed by atoms with van der Waals surface area (Å²) in [6.07, 6.45) is 0. The highest BCUT2D eigenvalue weighted by molar-refractivity contribution is 6.42. The molecule has 0 fully saturated rings. The summed E-state index contributed by atoms with van der Waals surface area (Å²) in [6.45, 7) is 1.67. The van der Waals surface area contributed by atoms with Gasteiger partial charge >= 0.3 is 6.03 Å². The third-order valence-electron chi connectivity index (χ3n) is 3.89. The van der Waals surface area contributed by atoms with Crippen LogP contribution in [0.15, 0.2) is 53.7 Å². The predicted molar refractivity (Wildman–Crippen MR) is 104 cm³/mol. The van der Waals surface area contributed by atoms with Gasteiger partial charge in [-0.05, 0) is 48.9 Å². The summed E-state index contributed by atoms with van der Waals surface area (Å²) in [5, 5.41) is 9.47. The molecule has 1 unspecified atom stereocenters. The smallest absolute Gasteiger partial charge is 0.319 e. The Morgan fingerprint density at radius 3 is 2.38 bits per heavy atom. The Morgan fingerprint density at radius 1 is 1.04 bits per heavy atom. The van der Waals surface area contributed by atoms with E-state index in [4.69, 9.17) is 34.8 Å². The maximum atomic E-state index is 12.9. The van der Waals surface area contributed by atoms with E-state index in [0.717, 1.165) is 0 Å². The highest BCUT2D eigenvalue weighted by atomic mass is 35.5. The summed E-state index contributed by atoms with van der Waals surface area (Å²) in [4.78, 5) is 24.8. The summed E-state index contributed by atoms with van der Waals surface area (Å²) in [5.41, 5.74) is 2.06. The summed E-state index contributed by atoms with van der Waals surface area (Å²) in [5.74, 6) is -0.353. The zero-order valence-corrected chi connectivity index (χ0v) is 15.8. The van der Waals surface area contributed by atoms with E-state index < -0.39 is 12.1 Å². The third kappa shape index (κ3) is 3.96. The standard InChI is InChI=1S/C18H14Cl3N3O2/c1-9-15(17(25)23-12-5-3-11(19)4-6-12)16(24-18(26)22-9)10-2-7-13(20)14(21)8-10/h2-8,16H,1H3,(H,23,25)(H2,22,24,26). The lowest BCUT2D eigenvalue weighted by Gasteiger charge is -2.29. The van der Waals surface area contributed by atoms with Crippen molar-refractivity contribution in [3.63, 3.8) is 0 Å². The number of benzene rings is 2. The van der Waals surface area contributed by atoms with Gasteiger partial charge in [0, 0.05) is 16.4 Å². The molecule has 1 aliphatic heterocycles. The van der Waals surface area contributed by atoms with E-state index >= 15 is 0 Å². The molecule has 0 saturated heterocycles. The van der Waals surface area contributed by atoms with Gasteiger partial charge in [0.2, 0.25) is 0 Å².